The number of nitrogens with zero attached hydrogens (tertiary/aromatic N) is 6. The second-order valence-corrected chi connectivity index (χ2v) is 7.32. The van der Waals surface area contributed by atoms with Crippen LogP contribution in [0.5, 0.6) is 5.75 Å². The van der Waals surface area contributed by atoms with E-state index in [-0.39, 0.29) is 12.5 Å². The molecule has 1 amide bonds. The molecular weight excluding hydrogens is 422 g/mol. The second-order valence-electron chi connectivity index (χ2n) is 7.32. The van der Waals surface area contributed by atoms with Gasteiger partial charge in [0.15, 0.2) is 5.82 Å². The van der Waals surface area contributed by atoms with E-state index in [2.05, 4.69) is 20.4 Å². The summed E-state index contributed by atoms with van der Waals surface area (Å²) in [7, 11) is 1.56. The number of nitrogens with one attached hydrogen (secondary N) is 1. The average molecular weight is 443 g/mol. The summed E-state index contributed by atoms with van der Waals surface area (Å²) in [5.41, 5.74) is 2.06. The van der Waals surface area contributed by atoms with Gasteiger partial charge in [-0.05, 0) is 24.3 Å². The molecule has 5 aromatic rings. The van der Waals surface area contributed by atoms with E-state index in [1.54, 1.807) is 43.9 Å². The van der Waals surface area contributed by atoms with E-state index < -0.39 is 0 Å². The fourth-order valence-electron chi connectivity index (χ4n) is 3.54. The Bertz CT molecular complexity index is 1390. The quantitative estimate of drug-likeness (QED) is 0.392. The summed E-state index contributed by atoms with van der Waals surface area (Å²) in [4.78, 5) is 21.1. The van der Waals surface area contributed by atoms with Crippen molar-refractivity contribution in [3.05, 3.63) is 78.6 Å². The van der Waals surface area contributed by atoms with Crippen LogP contribution in [0.2, 0.25) is 0 Å². The summed E-state index contributed by atoms with van der Waals surface area (Å²) >= 11 is 0. The molecule has 3 aromatic heterocycles. The van der Waals surface area contributed by atoms with Crippen LogP contribution < -0.4 is 10.1 Å². The molecule has 0 bridgehead atoms. The van der Waals surface area contributed by atoms with Crippen LogP contribution >= 0.6 is 0 Å². The van der Waals surface area contributed by atoms with Gasteiger partial charge in [0.25, 0.3) is 11.8 Å². The molecule has 0 aliphatic carbocycles. The summed E-state index contributed by atoms with van der Waals surface area (Å²) in [5.74, 6) is 1.07. The van der Waals surface area contributed by atoms with Crippen molar-refractivity contribution in [2.45, 2.75) is 19.6 Å². The maximum atomic E-state index is 12.5. The van der Waals surface area contributed by atoms with Crippen LogP contribution in [0.15, 0.2) is 71.8 Å². The summed E-state index contributed by atoms with van der Waals surface area (Å²) in [5, 5.41) is 12.5. The fourth-order valence-corrected chi connectivity index (χ4v) is 3.54. The Morgan fingerprint density at radius 2 is 2.06 bits per heavy atom. The van der Waals surface area contributed by atoms with E-state index in [9.17, 15) is 4.79 Å². The minimum Gasteiger partial charge on any atom is -0.497 e. The third kappa shape index (κ3) is 4.31. The number of aromatic nitrogens is 6. The first-order valence-electron chi connectivity index (χ1n) is 10.4. The molecule has 10 nitrogen and oxygen atoms in total. The number of rotatable bonds is 8. The van der Waals surface area contributed by atoms with Crippen molar-refractivity contribution >= 4 is 16.8 Å². The number of benzene rings is 2. The van der Waals surface area contributed by atoms with Gasteiger partial charge in [0.05, 0.1) is 32.0 Å². The smallest absolute Gasteiger partial charge is 0.276 e. The molecule has 0 fully saturated rings. The predicted molar refractivity (Wildman–Crippen MR) is 119 cm³/mol. The highest BCUT2D eigenvalue weighted by molar-refractivity contribution is 5.94. The molecule has 0 saturated heterocycles. The second kappa shape index (κ2) is 8.95. The predicted octanol–water partition coefficient (Wildman–Crippen LogP) is 2.92. The van der Waals surface area contributed by atoms with E-state index in [1.807, 2.05) is 39.7 Å². The summed E-state index contributed by atoms with van der Waals surface area (Å²) in [6.07, 6.45) is 5.40. The zero-order valence-corrected chi connectivity index (χ0v) is 17.9. The van der Waals surface area contributed by atoms with Gasteiger partial charge in [-0.1, -0.05) is 29.4 Å². The summed E-state index contributed by atoms with van der Waals surface area (Å²) in [6, 6.07) is 14.7. The van der Waals surface area contributed by atoms with Crippen molar-refractivity contribution < 1.29 is 14.1 Å². The molecule has 33 heavy (non-hydrogen) atoms. The Morgan fingerprint density at radius 1 is 1.15 bits per heavy atom. The van der Waals surface area contributed by atoms with Crippen LogP contribution in [0, 0.1) is 0 Å². The maximum absolute atomic E-state index is 12.5. The first kappa shape index (κ1) is 20.4. The molecule has 5 rings (SSSR count). The number of amides is 1. The molecule has 0 radical (unpaired) electrons. The lowest BCUT2D eigenvalue weighted by Crippen LogP contribution is -2.23. The van der Waals surface area contributed by atoms with Crippen LogP contribution in [-0.4, -0.2) is 42.5 Å². The number of ether oxygens (including phenoxy) is 1. The lowest BCUT2D eigenvalue weighted by Gasteiger charge is -2.05. The zero-order chi connectivity index (χ0) is 22.6. The Labute approximate surface area is 188 Å². The highest BCUT2D eigenvalue weighted by atomic mass is 16.5. The van der Waals surface area contributed by atoms with Crippen LogP contribution in [-0.2, 0) is 19.6 Å². The summed E-state index contributed by atoms with van der Waals surface area (Å²) < 4.78 is 14.6. The van der Waals surface area contributed by atoms with Crippen molar-refractivity contribution in [3.8, 4) is 17.3 Å². The van der Waals surface area contributed by atoms with Gasteiger partial charge in [-0.2, -0.15) is 10.1 Å². The largest absolute Gasteiger partial charge is 0.497 e. The molecule has 0 aliphatic heterocycles. The van der Waals surface area contributed by atoms with E-state index in [1.165, 1.54) is 0 Å². The number of imidazole rings is 1. The van der Waals surface area contributed by atoms with Gasteiger partial charge >= 0.3 is 0 Å². The van der Waals surface area contributed by atoms with Crippen molar-refractivity contribution in [2.24, 2.45) is 0 Å². The van der Waals surface area contributed by atoms with Gasteiger partial charge in [0.1, 0.15) is 11.4 Å². The number of hydrogen-bond acceptors (Lipinski definition) is 7. The Balaban J connectivity index is 1.36. The lowest BCUT2D eigenvalue weighted by atomic mass is 10.2. The Hall–Kier alpha value is -4.47. The van der Waals surface area contributed by atoms with Gasteiger partial charge in [0, 0.05) is 29.9 Å². The monoisotopic (exact) mass is 443 g/mol. The number of aryl methyl sites for hydroxylation is 2. The molecular formula is C23H21N7O3. The highest BCUT2D eigenvalue weighted by Crippen LogP contribution is 2.27. The minimum absolute atomic E-state index is 0.126. The first-order chi connectivity index (χ1) is 16.2. The molecule has 0 saturated carbocycles. The number of methoxy groups -OCH3 is 1. The standard InChI is InChI=1S/C23H21N7O3/c1-32-17-6-4-5-16(13-17)22(31)25-14-20-26-23(33-28-20)21-18-7-2-3-8-19(18)27-30(21)12-11-29-10-9-24-15-29/h2-10,13,15H,11-12,14H2,1H3,(H,25,31). The van der Waals surface area contributed by atoms with Gasteiger partial charge in [-0.25, -0.2) is 4.98 Å². The van der Waals surface area contributed by atoms with Crippen LogP contribution in [0.1, 0.15) is 16.2 Å². The molecule has 3 heterocycles. The van der Waals surface area contributed by atoms with Gasteiger partial charge < -0.3 is 19.1 Å². The van der Waals surface area contributed by atoms with Crippen molar-refractivity contribution in [1.82, 2.24) is 34.8 Å². The first-order valence-corrected chi connectivity index (χ1v) is 10.4. The molecule has 166 valence electrons. The van der Waals surface area contributed by atoms with Crippen molar-refractivity contribution in [2.75, 3.05) is 7.11 Å². The van der Waals surface area contributed by atoms with Crippen molar-refractivity contribution in [1.29, 1.82) is 0 Å². The molecule has 0 aliphatic rings. The number of fused-ring (bicyclic) bond motifs is 1. The topological polar surface area (TPSA) is 113 Å². The van der Waals surface area contributed by atoms with Crippen molar-refractivity contribution in [3.63, 3.8) is 0 Å². The third-order valence-electron chi connectivity index (χ3n) is 5.18. The molecule has 10 heteroatoms. The average Bonchev–Trinajstić information content (AvgIpc) is 3.60. The van der Waals surface area contributed by atoms with Gasteiger partial charge in [0.2, 0.25) is 0 Å². The molecule has 1 N–H and O–H groups in total. The van der Waals surface area contributed by atoms with E-state index >= 15 is 0 Å². The molecule has 0 spiro atoms. The maximum Gasteiger partial charge on any atom is 0.276 e. The number of carbonyl (C=O) groups is 1. The van der Waals surface area contributed by atoms with E-state index in [0.717, 1.165) is 16.6 Å². The van der Waals surface area contributed by atoms with Crippen LogP contribution in [0.3, 0.4) is 0 Å². The van der Waals surface area contributed by atoms with Gasteiger partial charge in [-0.3, -0.25) is 9.48 Å². The normalized spacial score (nSPS) is 11.1. The SMILES string of the molecule is COc1cccc(C(=O)NCc2noc(-c3c4ccccc4nn3CCn3ccnc3)n2)c1. The van der Waals surface area contributed by atoms with Crippen LogP contribution in [0.25, 0.3) is 22.5 Å². The molecule has 0 unspecified atom stereocenters. The molecule has 2 aromatic carbocycles. The van der Waals surface area contributed by atoms with E-state index in [4.69, 9.17) is 14.4 Å². The van der Waals surface area contributed by atoms with Gasteiger partial charge in [-0.15, -0.1) is 0 Å². The molecule has 0 atom stereocenters. The number of carbonyl (C=O) groups excluding carboxylic acids is 1. The Kier molecular flexibility index (Phi) is 5.54. The lowest BCUT2D eigenvalue weighted by molar-refractivity contribution is 0.0949. The fraction of sp³-hybridized carbons (Fsp3) is 0.174. The van der Waals surface area contributed by atoms with Crippen LogP contribution in [0.4, 0.5) is 0 Å². The highest BCUT2D eigenvalue weighted by Gasteiger charge is 2.19. The number of hydrogen-bond donors (Lipinski definition) is 1. The third-order valence-corrected chi connectivity index (χ3v) is 5.18. The minimum atomic E-state index is -0.254. The van der Waals surface area contributed by atoms with E-state index in [0.29, 0.717) is 36.1 Å². The Morgan fingerprint density at radius 3 is 2.91 bits per heavy atom. The zero-order valence-electron chi connectivity index (χ0n) is 17.9. The summed E-state index contributed by atoms with van der Waals surface area (Å²) in [6.45, 7) is 1.42.